The normalized spacial score (nSPS) is 21.0. The Morgan fingerprint density at radius 1 is 1.17 bits per heavy atom. The van der Waals surface area contributed by atoms with Crippen LogP contribution in [0.25, 0.3) is 5.70 Å². The van der Waals surface area contributed by atoms with Crippen LogP contribution in [0.5, 0.6) is 0 Å². The lowest BCUT2D eigenvalue weighted by atomic mass is 10.1. The lowest BCUT2D eigenvalue weighted by molar-refractivity contribution is 0.155. The smallest absolute Gasteiger partial charge is 0.259 e. The van der Waals surface area contributed by atoms with E-state index in [4.69, 9.17) is 4.55 Å². The molecule has 1 unspecified atom stereocenters. The number of hydrogen-bond acceptors (Lipinski definition) is 3. The van der Waals surface area contributed by atoms with Crippen molar-refractivity contribution in [1.29, 1.82) is 0 Å². The third-order valence-corrected chi connectivity index (χ3v) is 5.58. The maximum absolute atomic E-state index is 10.8. The highest BCUT2D eigenvalue weighted by molar-refractivity contribution is 7.80. The Kier molecular flexibility index (Phi) is 5.92. The summed E-state index contributed by atoms with van der Waals surface area (Å²) in [6.45, 7) is 9.77. The van der Waals surface area contributed by atoms with E-state index in [1.54, 1.807) is 0 Å². The van der Waals surface area contributed by atoms with Gasteiger partial charge in [0.05, 0.1) is 0 Å². The van der Waals surface area contributed by atoms with Crippen molar-refractivity contribution in [2.24, 2.45) is 5.92 Å². The zero-order valence-corrected chi connectivity index (χ0v) is 14.9. The fourth-order valence-electron chi connectivity index (χ4n) is 3.77. The van der Waals surface area contributed by atoms with Crippen LogP contribution in [0, 0.1) is 5.92 Å². The average Bonchev–Trinajstić information content (AvgIpc) is 3.08. The molecule has 1 aromatic rings. The van der Waals surface area contributed by atoms with Gasteiger partial charge in [-0.05, 0) is 36.5 Å². The van der Waals surface area contributed by atoms with Gasteiger partial charge >= 0.3 is 0 Å². The molecule has 1 aromatic carbocycles. The molecule has 0 spiro atoms. The van der Waals surface area contributed by atoms with Gasteiger partial charge in [0.25, 0.3) is 11.3 Å². The molecule has 6 heteroatoms. The minimum absolute atomic E-state index is 0.633. The second kappa shape index (κ2) is 8.14. The Balaban J connectivity index is 1.50. The molecular weight excluding hydrogens is 322 g/mol. The Bertz CT molecular complexity index is 576. The summed E-state index contributed by atoms with van der Waals surface area (Å²) >= 11 is -2.03. The topological polar surface area (TPSA) is 55.8 Å². The van der Waals surface area contributed by atoms with E-state index in [0.29, 0.717) is 5.69 Å². The van der Waals surface area contributed by atoms with E-state index in [-0.39, 0.29) is 0 Å². The van der Waals surface area contributed by atoms with Crippen LogP contribution >= 0.6 is 0 Å². The standard InChI is InChI=1S/C18H27N3O2S/c1-15(17-6-8-18(9-7-17)19-24(22)23)21-12-10-20(11-13-21)14-16-4-2-3-5-16/h6-9,16,19H,1-5,10-14H2,(H,22,23). The van der Waals surface area contributed by atoms with Crippen LogP contribution in [0.2, 0.25) is 0 Å². The minimum atomic E-state index is -2.03. The van der Waals surface area contributed by atoms with Crippen molar-refractivity contribution >= 4 is 22.7 Å². The zero-order chi connectivity index (χ0) is 16.9. The van der Waals surface area contributed by atoms with Crippen molar-refractivity contribution in [3.8, 4) is 0 Å². The predicted octanol–water partition coefficient (Wildman–Crippen LogP) is 3.01. The molecule has 5 nitrogen and oxygen atoms in total. The van der Waals surface area contributed by atoms with Crippen molar-refractivity contribution in [1.82, 2.24) is 9.80 Å². The quantitative estimate of drug-likeness (QED) is 0.775. The van der Waals surface area contributed by atoms with E-state index >= 15 is 0 Å². The summed E-state index contributed by atoms with van der Waals surface area (Å²) in [5.74, 6) is 0.914. The van der Waals surface area contributed by atoms with Gasteiger partial charge in [-0.3, -0.25) is 14.2 Å². The third-order valence-electron chi connectivity index (χ3n) is 5.17. The number of nitrogens with zero attached hydrogens (tertiary/aromatic N) is 2. The first-order valence-corrected chi connectivity index (χ1v) is 9.86. The first kappa shape index (κ1) is 17.5. The fourth-order valence-corrected chi connectivity index (χ4v) is 4.11. The van der Waals surface area contributed by atoms with E-state index in [2.05, 4.69) is 21.1 Å². The summed E-state index contributed by atoms with van der Waals surface area (Å²) in [5, 5.41) is 0. The first-order valence-electron chi connectivity index (χ1n) is 8.76. The predicted molar refractivity (Wildman–Crippen MR) is 99.8 cm³/mol. The molecule has 0 bridgehead atoms. The molecule has 132 valence electrons. The van der Waals surface area contributed by atoms with Crippen LogP contribution in [-0.4, -0.2) is 51.3 Å². The van der Waals surface area contributed by atoms with Gasteiger partial charge in [0.1, 0.15) is 0 Å². The molecule has 2 N–H and O–H groups in total. The summed E-state index contributed by atoms with van der Waals surface area (Å²) in [4.78, 5) is 4.95. The second-order valence-corrected chi connectivity index (χ2v) is 7.52. The summed E-state index contributed by atoms with van der Waals surface area (Å²) in [6, 6.07) is 7.51. The van der Waals surface area contributed by atoms with E-state index in [9.17, 15) is 4.21 Å². The Hall–Kier alpha value is -1.37. The van der Waals surface area contributed by atoms with Crippen molar-refractivity contribution in [3.05, 3.63) is 36.4 Å². The van der Waals surface area contributed by atoms with Gasteiger partial charge in [-0.1, -0.05) is 31.6 Å². The van der Waals surface area contributed by atoms with Crippen molar-refractivity contribution < 1.29 is 8.76 Å². The molecular formula is C18H27N3O2S. The van der Waals surface area contributed by atoms with Gasteiger partial charge < -0.3 is 4.90 Å². The highest BCUT2D eigenvalue weighted by Crippen LogP contribution is 2.26. The lowest BCUT2D eigenvalue weighted by Gasteiger charge is -2.38. The van der Waals surface area contributed by atoms with Crippen molar-refractivity contribution in [2.45, 2.75) is 25.7 Å². The lowest BCUT2D eigenvalue weighted by Crippen LogP contribution is -2.46. The van der Waals surface area contributed by atoms with Crippen molar-refractivity contribution in [3.63, 3.8) is 0 Å². The highest BCUT2D eigenvalue weighted by atomic mass is 32.2. The van der Waals surface area contributed by atoms with Crippen LogP contribution in [0.15, 0.2) is 30.8 Å². The van der Waals surface area contributed by atoms with Crippen LogP contribution in [0.1, 0.15) is 31.2 Å². The van der Waals surface area contributed by atoms with Gasteiger partial charge in [-0.15, -0.1) is 0 Å². The molecule has 1 atom stereocenters. The van der Waals surface area contributed by atoms with Gasteiger partial charge in [0.2, 0.25) is 0 Å². The molecule has 1 saturated carbocycles. The monoisotopic (exact) mass is 349 g/mol. The molecule has 0 radical (unpaired) electrons. The molecule has 2 fully saturated rings. The summed E-state index contributed by atoms with van der Waals surface area (Å²) < 4.78 is 22.1. The molecule has 3 rings (SSSR count). The molecule has 2 aliphatic rings. The van der Waals surface area contributed by atoms with Crippen molar-refractivity contribution in [2.75, 3.05) is 37.4 Å². The van der Waals surface area contributed by atoms with E-state index in [1.165, 1.54) is 32.2 Å². The van der Waals surface area contributed by atoms with Gasteiger partial charge in [0, 0.05) is 44.1 Å². The summed E-state index contributed by atoms with van der Waals surface area (Å²) in [5.41, 5.74) is 2.73. The van der Waals surface area contributed by atoms with Crippen LogP contribution < -0.4 is 4.72 Å². The molecule has 24 heavy (non-hydrogen) atoms. The number of piperazine rings is 1. The molecule has 1 saturated heterocycles. The van der Waals surface area contributed by atoms with Crippen LogP contribution in [-0.2, 0) is 11.3 Å². The molecule has 0 amide bonds. The molecule has 1 heterocycles. The van der Waals surface area contributed by atoms with Gasteiger partial charge in [-0.2, -0.15) is 0 Å². The molecule has 1 aliphatic carbocycles. The van der Waals surface area contributed by atoms with E-state index in [1.807, 2.05) is 24.3 Å². The average molecular weight is 350 g/mol. The SMILES string of the molecule is C=C(c1ccc(NS(=O)O)cc1)N1CCN(CC2CCCC2)CC1. The minimum Gasteiger partial charge on any atom is -0.369 e. The summed E-state index contributed by atoms with van der Waals surface area (Å²) in [6.07, 6.45) is 5.64. The number of anilines is 1. The summed E-state index contributed by atoms with van der Waals surface area (Å²) in [7, 11) is 0. The number of nitrogens with one attached hydrogen (secondary N) is 1. The largest absolute Gasteiger partial charge is 0.369 e. The van der Waals surface area contributed by atoms with Crippen LogP contribution in [0.3, 0.4) is 0 Å². The van der Waals surface area contributed by atoms with Gasteiger partial charge in [0.15, 0.2) is 0 Å². The highest BCUT2D eigenvalue weighted by Gasteiger charge is 2.23. The Morgan fingerprint density at radius 3 is 2.38 bits per heavy atom. The second-order valence-electron chi connectivity index (χ2n) is 6.81. The number of rotatable bonds is 6. The first-order chi connectivity index (χ1) is 11.6. The Morgan fingerprint density at radius 2 is 1.79 bits per heavy atom. The zero-order valence-electron chi connectivity index (χ0n) is 14.1. The van der Waals surface area contributed by atoms with E-state index < -0.39 is 11.3 Å². The third kappa shape index (κ3) is 4.59. The Labute approximate surface area is 147 Å². The maximum atomic E-state index is 10.8. The molecule has 1 aliphatic heterocycles. The van der Waals surface area contributed by atoms with E-state index in [0.717, 1.165) is 43.4 Å². The van der Waals surface area contributed by atoms with Gasteiger partial charge in [-0.25, -0.2) is 4.21 Å². The molecule has 0 aromatic heterocycles. The number of benzene rings is 1. The maximum Gasteiger partial charge on any atom is 0.259 e. The number of hydrogen-bond donors (Lipinski definition) is 2. The van der Waals surface area contributed by atoms with Crippen LogP contribution in [0.4, 0.5) is 5.69 Å². The fraction of sp³-hybridized carbons (Fsp3) is 0.556.